The van der Waals surface area contributed by atoms with Crippen LogP contribution in [0, 0.1) is 5.41 Å². The van der Waals surface area contributed by atoms with E-state index in [0.717, 1.165) is 18.4 Å². The van der Waals surface area contributed by atoms with Crippen molar-refractivity contribution in [3.63, 3.8) is 0 Å². The second-order valence-corrected chi connectivity index (χ2v) is 15.6. The maximum atomic E-state index is 12.6. The molecule has 0 saturated heterocycles. The fourth-order valence-corrected chi connectivity index (χ4v) is 6.16. The summed E-state index contributed by atoms with van der Waals surface area (Å²) in [6.45, 7) is 21.8. The van der Waals surface area contributed by atoms with Gasteiger partial charge in [-0.25, -0.2) is 0 Å². The molecular weight excluding hydrogens is 452 g/mol. The van der Waals surface area contributed by atoms with Gasteiger partial charge < -0.3 is 14.6 Å². The van der Waals surface area contributed by atoms with Gasteiger partial charge in [-0.15, -0.1) is 0 Å². The van der Waals surface area contributed by atoms with Gasteiger partial charge in [-0.3, -0.25) is 4.79 Å². The van der Waals surface area contributed by atoms with E-state index in [1.807, 2.05) is 39.5 Å². The first-order valence-corrected chi connectivity index (χ1v) is 13.2. The number of phenolic OH excluding ortho intramolecular Hbond substituents is 1. The Morgan fingerprint density at radius 3 is 2.24 bits per heavy atom. The zero-order valence-corrected chi connectivity index (χ0v) is 24.1. The molecule has 0 aliphatic heterocycles. The van der Waals surface area contributed by atoms with Crippen molar-refractivity contribution in [2.45, 2.75) is 115 Å². The molecule has 1 aromatic rings. The number of carbonyl (C=O) groups is 1. The molecule has 0 spiro atoms. The lowest BCUT2D eigenvalue weighted by atomic mass is 9.78. The summed E-state index contributed by atoms with van der Waals surface area (Å²) in [6, 6.07) is 5.03. The molecule has 0 heterocycles. The molecule has 190 valence electrons. The second kappa shape index (κ2) is 11.7. The lowest BCUT2D eigenvalue weighted by molar-refractivity contribution is -0.141. The number of hydrogen-bond donors (Lipinski definition) is 2. The van der Waals surface area contributed by atoms with Gasteiger partial charge in [0.15, 0.2) is 0 Å². The van der Waals surface area contributed by atoms with Crippen LogP contribution >= 0.6 is 24.4 Å². The van der Waals surface area contributed by atoms with Crippen molar-refractivity contribution in [1.29, 1.82) is 0 Å². The summed E-state index contributed by atoms with van der Waals surface area (Å²) in [5.41, 5.74) is 0.141. The highest BCUT2D eigenvalue weighted by atomic mass is 32.2. The van der Waals surface area contributed by atoms with Crippen molar-refractivity contribution in [1.82, 2.24) is 0 Å². The Labute approximate surface area is 212 Å². The van der Waals surface area contributed by atoms with Crippen LogP contribution in [0.2, 0.25) is 0 Å². The van der Waals surface area contributed by atoms with Crippen LogP contribution in [-0.4, -0.2) is 38.0 Å². The van der Waals surface area contributed by atoms with Crippen molar-refractivity contribution in [3.8, 4) is 11.5 Å². The van der Waals surface area contributed by atoms with Crippen molar-refractivity contribution in [2.24, 2.45) is 5.41 Å². The molecule has 6 heteroatoms. The van der Waals surface area contributed by atoms with Crippen LogP contribution in [-0.2, 0) is 16.0 Å². The summed E-state index contributed by atoms with van der Waals surface area (Å²) in [6.07, 6.45) is 2.63. The van der Waals surface area contributed by atoms with E-state index in [0.29, 0.717) is 24.0 Å². The highest BCUT2D eigenvalue weighted by molar-refractivity contribution is 8.01. The number of benzene rings is 1. The molecule has 0 unspecified atom stereocenters. The van der Waals surface area contributed by atoms with Crippen LogP contribution in [0.25, 0.3) is 0 Å². The summed E-state index contributed by atoms with van der Waals surface area (Å²) < 4.78 is 11.5. The van der Waals surface area contributed by atoms with Crippen molar-refractivity contribution >= 4 is 30.4 Å². The minimum atomic E-state index is -0.627. The predicted octanol–water partition coefficient (Wildman–Crippen LogP) is 7.46. The number of rotatable bonds is 13. The maximum Gasteiger partial charge on any atom is 0.314 e. The number of esters is 1. The number of hydrogen-bond acceptors (Lipinski definition) is 6. The van der Waals surface area contributed by atoms with E-state index >= 15 is 0 Å². The van der Waals surface area contributed by atoms with Crippen LogP contribution < -0.4 is 4.74 Å². The SMILES string of the molecule is CC(C)SC(C)(C)CC(C)(C)Cc1cc(OC(=O)CC(C)(C)OCCC(C)(C)S)ccc1O. The Bertz CT molecular complexity index is 777. The molecule has 0 amide bonds. The molecule has 0 aliphatic rings. The predicted molar refractivity (Wildman–Crippen MR) is 145 cm³/mol. The molecule has 1 aromatic carbocycles. The number of ether oxygens (including phenoxy) is 2. The minimum Gasteiger partial charge on any atom is -0.508 e. The number of aromatic hydroxyl groups is 1. The first kappa shape index (κ1) is 30.2. The third-order valence-electron chi connectivity index (χ3n) is 5.19. The van der Waals surface area contributed by atoms with Crippen molar-refractivity contribution in [2.75, 3.05) is 6.61 Å². The van der Waals surface area contributed by atoms with Gasteiger partial charge in [0.25, 0.3) is 0 Å². The zero-order chi connectivity index (χ0) is 25.7. The largest absolute Gasteiger partial charge is 0.508 e. The quantitative estimate of drug-likeness (QED) is 0.168. The molecule has 0 aliphatic carbocycles. The Balaban J connectivity index is 2.79. The third kappa shape index (κ3) is 13.0. The molecule has 1 N–H and O–H groups in total. The molecule has 0 fully saturated rings. The lowest BCUT2D eigenvalue weighted by Gasteiger charge is -2.36. The van der Waals surface area contributed by atoms with Crippen LogP contribution in [0.1, 0.15) is 94.1 Å². The molecular formula is C27H46O4S2. The third-order valence-corrected chi connectivity index (χ3v) is 6.66. The van der Waals surface area contributed by atoms with Crippen LogP contribution in [0.3, 0.4) is 0 Å². The lowest BCUT2D eigenvalue weighted by Crippen LogP contribution is -2.31. The Kier molecular flexibility index (Phi) is 10.7. The van der Waals surface area contributed by atoms with Gasteiger partial charge >= 0.3 is 5.97 Å². The van der Waals surface area contributed by atoms with Gasteiger partial charge in [-0.2, -0.15) is 24.4 Å². The fourth-order valence-electron chi connectivity index (χ4n) is 4.32. The Morgan fingerprint density at radius 2 is 1.70 bits per heavy atom. The summed E-state index contributed by atoms with van der Waals surface area (Å²) in [7, 11) is 0. The van der Waals surface area contributed by atoms with Gasteiger partial charge in [0.1, 0.15) is 11.5 Å². The standard InChI is InChI=1S/C27H46O4S2/c1-19(2)33-27(9,10)18-24(3,4)16-20-15-21(11-12-22(20)28)31-23(29)17-25(5,6)30-14-13-26(7,8)32/h11-12,15,19,28,32H,13-14,16-18H2,1-10H3. The zero-order valence-electron chi connectivity index (χ0n) is 22.4. The fraction of sp³-hybridized carbons (Fsp3) is 0.741. The maximum absolute atomic E-state index is 12.6. The smallest absolute Gasteiger partial charge is 0.314 e. The number of carbonyl (C=O) groups excluding carboxylic acids is 1. The summed E-state index contributed by atoms with van der Waals surface area (Å²) in [5.74, 6) is 0.331. The van der Waals surface area contributed by atoms with Gasteiger partial charge in [0.2, 0.25) is 0 Å². The monoisotopic (exact) mass is 498 g/mol. The molecule has 0 atom stereocenters. The topological polar surface area (TPSA) is 55.8 Å². The summed E-state index contributed by atoms with van der Waals surface area (Å²) >= 11 is 6.49. The first-order valence-electron chi connectivity index (χ1n) is 11.9. The van der Waals surface area contributed by atoms with Gasteiger partial charge in [-0.1, -0.05) is 55.4 Å². The molecule has 0 bridgehead atoms. The highest BCUT2D eigenvalue weighted by Crippen LogP contribution is 2.42. The molecule has 4 nitrogen and oxygen atoms in total. The minimum absolute atomic E-state index is 0.0257. The van der Waals surface area contributed by atoms with Crippen LogP contribution in [0.15, 0.2) is 18.2 Å². The number of thioether (sulfide) groups is 1. The number of phenols is 1. The summed E-state index contributed by atoms with van der Waals surface area (Å²) in [4.78, 5) is 12.6. The van der Waals surface area contributed by atoms with Gasteiger partial charge in [0.05, 0.1) is 12.0 Å². The van der Waals surface area contributed by atoms with Gasteiger partial charge in [-0.05, 0) is 67.5 Å². The first-order chi connectivity index (χ1) is 14.8. The average molecular weight is 499 g/mol. The van der Waals surface area contributed by atoms with E-state index in [-0.39, 0.29) is 33.0 Å². The number of thiol groups is 1. The molecule has 0 saturated carbocycles. The molecule has 1 rings (SSSR count). The Morgan fingerprint density at radius 1 is 1.09 bits per heavy atom. The normalized spacial score (nSPS) is 13.5. The van der Waals surface area contributed by atoms with E-state index < -0.39 is 5.60 Å². The van der Waals surface area contributed by atoms with E-state index in [9.17, 15) is 9.90 Å². The van der Waals surface area contributed by atoms with Crippen LogP contribution in [0.4, 0.5) is 0 Å². The van der Waals surface area contributed by atoms with Crippen LogP contribution in [0.5, 0.6) is 11.5 Å². The van der Waals surface area contributed by atoms with Crippen molar-refractivity contribution in [3.05, 3.63) is 23.8 Å². The molecule has 0 radical (unpaired) electrons. The van der Waals surface area contributed by atoms with E-state index in [2.05, 4.69) is 54.2 Å². The van der Waals surface area contributed by atoms with E-state index in [1.165, 1.54) is 0 Å². The van der Waals surface area contributed by atoms with Crippen molar-refractivity contribution < 1.29 is 19.4 Å². The molecule has 33 heavy (non-hydrogen) atoms. The molecule has 0 aromatic heterocycles. The Hall–Kier alpha value is -0.850. The summed E-state index contributed by atoms with van der Waals surface area (Å²) in [5, 5.41) is 11.0. The highest BCUT2D eigenvalue weighted by Gasteiger charge is 2.31. The van der Waals surface area contributed by atoms with E-state index in [4.69, 9.17) is 9.47 Å². The average Bonchev–Trinajstić information content (AvgIpc) is 2.52. The van der Waals surface area contributed by atoms with E-state index in [1.54, 1.807) is 18.2 Å². The van der Waals surface area contributed by atoms with Gasteiger partial charge in [0, 0.05) is 16.1 Å². The second-order valence-electron chi connectivity index (χ2n) is 12.1.